The molecule has 0 fully saturated rings. The van der Waals surface area contributed by atoms with Gasteiger partial charge < -0.3 is 15.2 Å². The first-order valence-corrected chi connectivity index (χ1v) is 9.00. The van der Waals surface area contributed by atoms with Crippen molar-refractivity contribution in [2.45, 2.75) is 52.7 Å². The van der Waals surface area contributed by atoms with Crippen LogP contribution in [0.25, 0.3) is 0 Å². The molecule has 0 radical (unpaired) electrons. The van der Waals surface area contributed by atoms with Gasteiger partial charge in [-0.25, -0.2) is 0 Å². The summed E-state index contributed by atoms with van der Waals surface area (Å²) in [5.41, 5.74) is 3.19. The summed E-state index contributed by atoms with van der Waals surface area (Å²) in [5, 5.41) is 13.7. The zero-order valence-corrected chi connectivity index (χ0v) is 16.2. The molecule has 1 unspecified atom stereocenters. The van der Waals surface area contributed by atoms with Crippen LogP contribution in [0.3, 0.4) is 0 Å². The number of fused-ring (bicyclic) bond motifs is 1. The molecule has 1 amide bonds. The van der Waals surface area contributed by atoms with Gasteiger partial charge in [0.15, 0.2) is 5.60 Å². The molecule has 0 spiro atoms. The molecule has 1 aliphatic rings. The number of pyridine rings is 1. The van der Waals surface area contributed by atoms with E-state index in [1.807, 2.05) is 20.8 Å². The molecule has 2 N–H and O–H groups in total. The number of aromatic hydroxyl groups is 1. The van der Waals surface area contributed by atoms with Crippen molar-refractivity contribution in [1.82, 2.24) is 10.3 Å². The molecule has 1 aliphatic heterocycles. The summed E-state index contributed by atoms with van der Waals surface area (Å²) < 4.78 is 6.17. The Hall–Kier alpha value is -2.27. The van der Waals surface area contributed by atoms with Crippen LogP contribution in [0.15, 0.2) is 18.3 Å². The van der Waals surface area contributed by atoms with Crippen LogP contribution in [0.2, 0.25) is 5.02 Å². The number of carbonyl (C=O) groups is 1. The highest BCUT2D eigenvalue weighted by molar-refractivity contribution is 6.30. The lowest BCUT2D eigenvalue weighted by atomic mass is 9.86. The SMILES string of the molecule is Cc1c(C)c2c(c(C)c1O)CCC(C)(C(=O)NCc1cc(Cl)ccn1)O2. The third-order valence-electron chi connectivity index (χ3n) is 5.21. The molecule has 138 valence electrons. The second-order valence-corrected chi connectivity index (χ2v) is 7.45. The highest BCUT2D eigenvalue weighted by Gasteiger charge is 2.40. The van der Waals surface area contributed by atoms with E-state index in [4.69, 9.17) is 16.3 Å². The Balaban J connectivity index is 1.81. The average Bonchev–Trinajstić information content (AvgIpc) is 2.62. The maximum atomic E-state index is 12.8. The van der Waals surface area contributed by atoms with E-state index in [-0.39, 0.29) is 12.5 Å². The predicted octanol–water partition coefficient (Wildman–Crippen LogP) is 3.77. The van der Waals surface area contributed by atoms with Gasteiger partial charge in [-0.05, 0) is 62.9 Å². The molecule has 5 nitrogen and oxygen atoms in total. The number of benzene rings is 1. The van der Waals surface area contributed by atoms with Gasteiger partial charge in [0.05, 0.1) is 12.2 Å². The number of halogens is 1. The number of amides is 1. The molecule has 1 atom stereocenters. The number of nitrogens with zero attached hydrogens (tertiary/aromatic N) is 1. The predicted molar refractivity (Wildman–Crippen MR) is 101 cm³/mol. The van der Waals surface area contributed by atoms with Crippen LogP contribution in [-0.2, 0) is 17.8 Å². The van der Waals surface area contributed by atoms with Crippen molar-refractivity contribution in [3.8, 4) is 11.5 Å². The lowest BCUT2D eigenvalue weighted by Gasteiger charge is -2.36. The van der Waals surface area contributed by atoms with E-state index >= 15 is 0 Å². The molecule has 0 bridgehead atoms. The minimum Gasteiger partial charge on any atom is -0.507 e. The fourth-order valence-electron chi connectivity index (χ4n) is 3.31. The summed E-state index contributed by atoms with van der Waals surface area (Å²) in [6.45, 7) is 7.74. The third kappa shape index (κ3) is 3.23. The number of hydrogen-bond donors (Lipinski definition) is 2. The minimum absolute atomic E-state index is 0.187. The number of aromatic nitrogens is 1. The largest absolute Gasteiger partial charge is 0.507 e. The number of phenols is 1. The van der Waals surface area contributed by atoms with Gasteiger partial charge in [-0.15, -0.1) is 0 Å². The fourth-order valence-corrected chi connectivity index (χ4v) is 3.49. The first kappa shape index (κ1) is 18.5. The summed E-state index contributed by atoms with van der Waals surface area (Å²) in [5.74, 6) is 0.834. The van der Waals surface area contributed by atoms with Crippen LogP contribution >= 0.6 is 11.6 Å². The van der Waals surface area contributed by atoms with Crippen molar-refractivity contribution in [1.29, 1.82) is 0 Å². The van der Waals surface area contributed by atoms with E-state index < -0.39 is 5.60 Å². The lowest BCUT2D eigenvalue weighted by Crippen LogP contribution is -2.50. The number of rotatable bonds is 3. The summed E-state index contributed by atoms with van der Waals surface area (Å²) in [4.78, 5) is 17.0. The Kier molecular flexibility index (Phi) is 4.84. The maximum Gasteiger partial charge on any atom is 0.264 e. The maximum absolute atomic E-state index is 12.8. The quantitative estimate of drug-likeness (QED) is 0.857. The summed E-state index contributed by atoms with van der Waals surface area (Å²) in [6, 6.07) is 3.42. The number of ether oxygens (including phenoxy) is 1. The lowest BCUT2D eigenvalue weighted by molar-refractivity contribution is -0.137. The summed E-state index contributed by atoms with van der Waals surface area (Å²) in [7, 11) is 0. The van der Waals surface area contributed by atoms with E-state index in [0.717, 1.165) is 22.3 Å². The number of carbonyl (C=O) groups excluding carboxylic acids is 1. The zero-order valence-electron chi connectivity index (χ0n) is 15.4. The molecule has 26 heavy (non-hydrogen) atoms. The Morgan fingerprint density at radius 3 is 2.77 bits per heavy atom. The third-order valence-corrected chi connectivity index (χ3v) is 5.44. The number of nitrogens with one attached hydrogen (secondary N) is 1. The Morgan fingerprint density at radius 2 is 2.08 bits per heavy atom. The van der Waals surface area contributed by atoms with Gasteiger partial charge in [-0.2, -0.15) is 0 Å². The van der Waals surface area contributed by atoms with Crippen LogP contribution in [0.4, 0.5) is 0 Å². The van der Waals surface area contributed by atoms with Crippen molar-refractivity contribution >= 4 is 17.5 Å². The standard InChI is InChI=1S/C20H23ClN2O3/c1-11-12(2)18-16(13(3)17(11)24)5-7-20(4,26-18)19(25)23-10-15-9-14(21)6-8-22-15/h6,8-9,24H,5,7,10H2,1-4H3,(H,23,25). The van der Waals surface area contributed by atoms with Gasteiger partial charge >= 0.3 is 0 Å². The van der Waals surface area contributed by atoms with E-state index in [2.05, 4.69) is 10.3 Å². The van der Waals surface area contributed by atoms with Crippen LogP contribution in [0.5, 0.6) is 11.5 Å². The Morgan fingerprint density at radius 1 is 1.35 bits per heavy atom. The van der Waals surface area contributed by atoms with Gasteiger partial charge in [-0.1, -0.05) is 11.6 Å². The fraction of sp³-hybridized carbons (Fsp3) is 0.400. The van der Waals surface area contributed by atoms with Crippen molar-refractivity contribution in [2.75, 3.05) is 0 Å². The Bertz CT molecular complexity index is 882. The summed E-state index contributed by atoms with van der Waals surface area (Å²) >= 11 is 5.95. The molecule has 3 rings (SSSR count). The molecule has 2 heterocycles. The molecule has 0 saturated carbocycles. The van der Waals surface area contributed by atoms with Crippen LogP contribution < -0.4 is 10.1 Å². The van der Waals surface area contributed by atoms with Crippen LogP contribution in [0, 0.1) is 20.8 Å². The summed E-state index contributed by atoms with van der Waals surface area (Å²) in [6.07, 6.45) is 2.83. The average molecular weight is 375 g/mol. The van der Waals surface area contributed by atoms with E-state index in [0.29, 0.717) is 35.1 Å². The van der Waals surface area contributed by atoms with Gasteiger partial charge in [0, 0.05) is 23.2 Å². The van der Waals surface area contributed by atoms with Crippen molar-refractivity contribution < 1.29 is 14.6 Å². The minimum atomic E-state index is -0.966. The van der Waals surface area contributed by atoms with Crippen molar-refractivity contribution in [2.24, 2.45) is 0 Å². The van der Waals surface area contributed by atoms with E-state index in [9.17, 15) is 9.90 Å². The van der Waals surface area contributed by atoms with Gasteiger partial charge in [-0.3, -0.25) is 9.78 Å². The molecular formula is C20H23ClN2O3. The van der Waals surface area contributed by atoms with E-state index in [1.54, 1.807) is 25.3 Å². The van der Waals surface area contributed by atoms with Crippen molar-refractivity contribution in [3.63, 3.8) is 0 Å². The first-order chi connectivity index (χ1) is 12.2. The monoisotopic (exact) mass is 374 g/mol. The van der Waals surface area contributed by atoms with Gasteiger partial charge in [0.1, 0.15) is 11.5 Å². The number of phenolic OH excluding ortho intramolecular Hbond substituents is 1. The highest BCUT2D eigenvalue weighted by Crippen LogP contribution is 2.43. The molecular weight excluding hydrogens is 352 g/mol. The second-order valence-electron chi connectivity index (χ2n) is 7.01. The number of hydrogen-bond acceptors (Lipinski definition) is 4. The van der Waals surface area contributed by atoms with Crippen LogP contribution in [-0.4, -0.2) is 21.6 Å². The van der Waals surface area contributed by atoms with Gasteiger partial charge in [0.25, 0.3) is 5.91 Å². The second kappa shape index (κ2) is 6.80. The normalized spacial score (nSPS) is 18.8. The van der Waals surface area contributed by atoms with Crippen LogP contribution in [0.1, 0.15) is 41.3 Å². The molecule has 0 aliphatic carbocycles. The smallest absolute Gasteiger partial charge is 0.264 e. The topological polar surface area (TPSA) is 71.5 Å². The van der Waals surface area contributed by atoms with Crippen molar-refractivity contribution in [3.05, 3.63) is 51.3 Å². The van der Waals surface area contributed by atoms with Gasteiger partial charge in [0.2, 0.25) is 0 Å². The molecule has 6 heteroatoms. The van der Waals surface area contributed by atoms with E-state index in [1.165, 1.54) is 0 Å². The first-order valence-electron chi connectivity index (χ1n) is 8.62. The highest BCUT2D eigenvalue weighted by atomic mass is 35.5. The Labute approximate surface area is 158 Å². The molecule has 1 aromatic carbocycles. The molecule has 2 aromatic rings. The molecule has 0 saturated heterocycles. The zero-order chi connectivity index (χ0) is 19.1. The molecule has 1 aromatic heterocycles.